The number of nitrogen functional groups attached to an aromatic ring is 1. The number of amides is 1. The zero-order valence-corrected chi connectivity index (χ0v) is 6.44. The van der Waals surface area contributed by atoms with Crippen molar-refractivity contribution >= 4 is 5.91 Å². The van der Waals surface area contributed by atoms with Crippen molar-refractivity contribution in [2.75, 3.05) is 7.11 Å². The van der Waals surface area contributed by atoms with Gasteiger partial charge in [0.2, 0.25) is 5.88 Å². The minimum atomic E-state index is -0.481. The molecule has 6 heteroatoms. The molecular formula is C6H8N4O2. The molecule has 0 saturated carbocycles. The van der Waals surface area contributed by atoms with E-state index < -0.39 is 5.91 Å². The molecule has 0 aromatic carbocycles. The van der Waals surface area contributed by atoms with E-state index in [0.717, 1.165) is 0 Å². The number of nitrogens with one attached hydrogen (secondary N) is 1. The van der Waals surface area contributed by atoms with Crippen molar-refractivity contribution in [2.45, 2.75) is 0 Å². The lowest BCUT2D eigenvalue weighted by Crippen LogP contribution is -2.30. The highest BCUT2D eigenvalue weighted by molar-refractivity contribution is 5.91. The molecule has 0 aliphatic rings. The van der Waals surface area contributed by atoms with E-state index in [-0.39, 0.29) is 5.69 Å². The number of nitrogens with zero attached hydrogens (tertiary/aromatic N) is 2. The minimum Gasteiger partial charge on any atom is -0.480 e. The van der Waals surface area contributed by atoms with Crippen LogP contribution in [-0.2, 0) is 0 Å². The Bertz CT molecular complexity index is 271. The predicted molar refractivity (Wildman–Crippen MR) is 40.2 cm³/mol. The average Bonchev–Trinajstić information content (AvgIpc) is 2.17. The van der Waals surface area contributed by atoms with E-state index in [2.05, 4.69) is 9.97 Å². The smallest absolute Gasteiger partial charge is 0.285 e. The topological polar surface area (TPSA) is 90.1 Å². The van der Waals surface area contributed by atoms with Crippen molar-refractivity contribution < 1.29 is 9.53 Å². The third-order valence-corrected chi connectivity index (χ3v) is 1.20. The zero-order valence-electron chi connectivity index (χ0n) is 6.44. The molecule has 0 aliphatic heterocycles. The third-order valence-electron chi connectivity index (χ3n) is 1.20. The SMILES string of the molecule is COc1cnc(C(=O)NN)cn1. The first-order chi connectivity index (χ1) is 5.77. The quantitative estimate of drug-likeness (QED) is 0.339. The van der Waals surface area contributed by atoms with Crippen LogP contribution in [0.2, 0.25) is 0 Å². The van der Waals surface area contributed by atoms with Crippen LogP contribution in [0.5, 0.6) is 5.88 Å². The summed E-state index contributed by atoms with van der Waals surface area (Å²) in [5, 5.41) is 0. The Hall–Kier alpha value is -1.69. The van der Waals surface area contributed by atoms with Crippen LogP contribution in [0.3, 0.4) is 0 Å². The number of nitrogens with two attached hydrogens (primary N) is 1. The first-order valence-corrected chi connectivity index (χ1v) is 3.15. The van der Waals surface area contributed by atoms with Gasteiger partial charge in [0.25, 0.3) is 5.91 Å². The maximum absolute atomic E-state index is 10.8. The van der Waals surface area contributed by atoms with Crippen molar-refractivity contribution in [3.63, 3.8) is 0 Å². The summed E-state index contributed by atoms with van der Waals surface area (Å²) in [5.74, 6) is 4.75. The van der Waals surface area contributed by atoms with Crippen molar-refractivity contribution in [3.8, 4) is 5.88 Å². The van der Waals surface area contributed by atoms with Gasteiger partial charge in [-0.1, -0.05) is 0 Å². The fraction of sp³-hybridized carbons (Fsp3) is 0.167. The lowest BCUT2D eigenvalue weighted by molar-refractivity contribution is 0.0948. The Kier molecular flexibility index (Phi) is 2.54. The predicted octanol–water partition coefficient (Wildman–Crippen LogP) is -0.911. The number of carbonyl (C=O) groups is 1. The summed E-state index contributed by atoms with van der Waals surface area (Å²) in [4.78, 5) is 18.3. The first-order valence-electron chi connectivity index (χ1n) is 3.15. The summed E-state index contributed by atoms with van der Waals surface area (Å²) < 4.78 is 4.75. The molecule has 0 fully saturated rings. The molecule has 12 heavy (non-hydrogen) atoms. The molecule has 0 aliphatic carbocycles. The average molecular weight is 168 g/mol. The Balaban J connectivity index is 2.84. The molecule has 0 bridgehead atoms. The van der Waals surface area contributed by atoms with Gasteiger partial charge >= 0.3 is 0 Å². The van der Waals surface area contributed by atoms with Crippen LogP contribution in [-0.4, -0.2) is 23.0 Å². The molecule has 1 rings (SSSR count). The van der Waals surface area contributed by atoms with Gasteiger partial charge < -0.3 is 4.74 Å². The molecule has 1 aromatic heterocycles. The second kappa shape index (κ2) is 3.63. The molecular weight excluding hydrogens is 160 g/mol. The number of methoxy groups -OCH3 is 1. The van der Waals surface area contributed by atoms with E-state index >= 15 is 0 Å². The van der Waals surface area contributed by atoms with Gasteiger partial charge in [0, 0.05) is 0 Å². The second-order valence-electron chi connectivity index (χ2n) is 1.92. The molecule has 0 radical (unpaired) electrons. The summed E-state index contributed by atoms with van der Waals surface area (Å²) in [5.41, 5.74) is 2.09. The van der Waals surface area contributed by atoms with E-state index in [0.29, 0.717) is 5.88 Å². The fourth-order valence-electron chi connectivity index (χ4n) is 0.613. The van der Waals surface area contributed by atoms with Gasteiger partial charge in [-0.05, 0) is 0 Å². The molecule has 1 amide bonds. The highest BCUT2D eigenvalue weighted by Crippen LogP contribution is 2.01. The normalized spacial score (nSPS) is 9.17. The minimum absolute atomic E-state index is 0.151. The molecule has 64 valence electrons. The van der Waals surface area contributed by atoms with Gasteiger partial charge in [0.15, 0.2) is 0 Å². The molecule has 6 nitrogen and oxygen atoms in total. The van der Waals surface area contributed by atoms with Crippen molar-refractivity contribution in [2.24, 2.45) is 5.84 Å². The van der Waals surface area contributed by atoms with Crippen LogP contribution in [0.4, 0.5) is 0 Å². The van der Waals surface area contributed by atoms with Crippen molar-refractivity contribution in [1.82, 2.24) is 15.4 Å². The fourth-order valence-corrected chi connectivity index (χ4v) is 0.613. The van der Waals surface area contributed by atoms with Gasteiger partial charge in [-0.25, -0.2) is 15.8 Å². The summed E-state index contributed by atoms with van der Waals surface area (Å²) in [7, 11) is 1.46. The maximum atomic E-state index is 10.8. The summed E-state index contributed by atoms with van der Waals surface area (Å²) in [6, 6.07) is 0. The Morgan fingerprint density at radius 1 is 1.58 bits per heavy atom. The zero-order chi connectivity index (χ0) is 8.97. The van der Waals surface area contributed by atoms with Crippen LogP contribution >= 0.6 is 0 Å². The van der Waals surface area contributed by atoms with Gasteiger partial charge in [0.1, 0.15) is 5.69 Å². The van der Waals surface area contributed by atoms with Crippen LogP contribution in [0.1, 0.15) is 10.5 Å². The lowest BCUT2D eigenvalue weighted by atomic mass is 10.4. The van der Waals surface area contributed by atoms with Crippen LogP contribution in [0, 0.1) is 0 Å². The van der Waals surface area contributed by atoms with Gasteiger partial charge in [-0.3, -0.25) is 10.2 Å². The molecule has 1 aromatic rings. The Labute approximate surface area is 68.7 Å². The standard InChI is InChI=1S/C6H8N4O2/c1-12-5-3-8-4(2-9-5)6(11)10-7/h2-3H,7H2,1H3,(H,10,11). The number of carbonyl (C=O) groups excluding carboxylic acids is 1. The number of ether oxygens (including phenoxy) is 1. The van der Waals surface area contributed by atoms with Gasteiger partial charge in [0.05, 0.1) is 19.5 Å². The highest BCUT2D eigenvalue weighted by atomic mass is 16.5. The van der Waals surface area contributed by atoms with Crippen LogP contribution in [0.25, 0.3) is 0 Å². The van der Waals surface area contributed by atoms with Crippen LogP contribution < -0.4 is 16.0 Å². The second-order valence-corrected chi connectivity index (χ2v) is 1.92. The Morgan fingerprint density at radius 3 is 2.75 bits per heavy atom. The van der Waals surface area contributed by atoms with E-state index in [9.17, 15) is 4.79 Å². The van der Waals surface area contributed by atoms with E-state index in [1.54, 1.807) is 0 Å². The van der Waals surface area contributed by atoms with E-state index in [4.69, 9.17) is 10.6 Å². The van der Waals surface area contributed by atoms with Crippen LogP contribution in [0.15, 0.2) is 12.4 Å². The monoisotopic (exact) mass is 168 g/mol. The van der Waals surface area contributed by atoms with Gasteiger partial charge in [-0.2, -0.15) is 0 Å². The van der Waals surface area contributed by atoms with Gasteiger partial charge in [-0.15, -0.1) is 0 Å². The molecule has 1 heterocycles. The molecule has 3 N–H and O–H groups in total. The highest BCUT2D eigenvalue weighted by Gasteiger charge is 2.04. The number of rotatable bonds is 2. The molecule has 0 saturated heterocycles. The summed E-state index contributed by atoms with van der Waals surface area (Å²) in [6.07, 6.45) is 2.62. The number of hydrogen-bond acceptors (Lipinski definition) is 5. The largest absolute Gasteiger partial charge is 0.480 e. The molecule has 0 unspecified atom stereocenters. The van der Waals surface area contributed by atoms with E-state index in [1.807, 2.05) is 5.43 Å². The van der Waals surface area contributed by atoms with E-state index in [1.165, 1.54) is 19.5 Å². The summed E-state index contributed by atoms with van der Waals surface area (Å²) in [6.45, 7) is 0. The number of hydrogen-bond donors (Lipinski definition) is 2. The number of hydrazine groups is 1. The maximum Gasteiger partial charge on any atom is 0.285 e. The molecule has 0 atom stereocenters. The number of aromatic nitrogens is 2. The Morgan fingerprint density at radius 2 is 2.33 bits per heavy atom. The van der Waals surface area contributed by atoms with Crippen molar-refractivity contribution in [1.29, 1.82) is 0 Å². The summed E-state index contributed by atoms with van der Waals surface area (Å²) >= 11 is 0. The lowest BCUT2D eigenvalue weighted by Gasteiger charge is -1.99. The third kappa shape index (κ3) is 1.67. The molecule has 0 spiro atoms. The van der Waals surface area contributed by atoms with Crippen molar-refractivity contribution in [3.05, 3.63) is 18.1 Å². The first kappa shape index (κ1) is 8.41.